The largest absolute Gasteiger partial charge is 0.330 e. The standard InChI is InChI=1S/C13H20N2OS.C2H6/c1-11(16)12-5-7-13(8-6-12)17-15-10-4-2-3-9-14;1-2/h5-8,15H,2-4,9-10,14H2,1H3;1-2H3. The number of rotatable bonds is 8. The summed E-state index contributed by atoms with van der Waals surface area (Å²) in [5, 5.41) is 0. The molecule has 0 amide bonds. The van der Waals surface area contributed by atoms with E-state index in [1.54, 1.807) is 18.9 Å². The van der Waals surface area contributed by atoms with Gasteiger partial charge in [-0.25, -0.2) is 0 Å². The van der Waals surface area contributed by atoms with Crippen molar-refractivity contribution in [2.24, 2.45) is 5.73 Å². The Morgan fingerprint density at radius 3 is 2.32 bits per heavy atom. The molecule has 0 unspecified atom stereocenters. The summed E-state index contributed by atoms with van der Waals surface area (Å²) in [6.45, 7) is 7.34. The maximum Gasteiger partial charge on any atom is 0.159 e. The minimum atomic E-state index is 0.108. The van der Waals surface area contributed by atoms with Crippen LogP contribution in [0.1, 0.15) is 50.4 Å². The molecule has 3 N–H and O–H groups in total. The van der Waals surface area contributed by atoms with E-state index >= 15 is 0 Å². The predicted octanol–water partition coefficient (Wildman–Crippen LogP) is 3.64. The number of carbonyl (C=O) groups excluding carboxylic acids is 1. The molecule has 0 heterocycles. The lowest BCUT2D eigenvalue weighted by Gasteiger charge is -2.04. The summed E-state index contributed by atoms with van der Waals surface area (Å²) in [5.74, 6) is 0.108. The Morgan fingerprint density at radius 2 is 1.79 bits per heavy atom. The van der Waals surface area contributed by atoms with E-state index in [0.29, 0.717) is 0 Å². The summed E-state index contributed by atoms with van der Waals surface area (Å²) in [6, 6.07) is 7.66. The first kappa shape index (κ1) is 18.2. The molecule has 0 fully saturated rings. The van der Waals surface area contributed by atoms with E-state index < -0.39 is 0 Å². The number of ketones is 1. The van der Waals surface area contributed by atoms with Crippen molar-refractivity contribution in [2.45, 2.75) is 44.9 Å². The number of hydrogen-bond donors (Lipinski definition) is 2. The number of unbranched alkanes of at least 4 members (excludes halogenated alkanes) is 2. The summed E-state index contributed by atoms with van der Waals surface area (Å²) in [4.78, 5) is 12.2. The Labute approximate surface area is 121 Å². The first-order chi connectivity index (χ1) is 9.24. The number of hydrogen-bond acceptors (Lipinski definition) is 4. The fourth-order valence-electron chi connectivity index (χ4n) is 1.41. The summed E-state index contributed by atoms with van der Waals surface area (Å²) in [5.41, 5.74) is 6.18. The van der Waals surface area contributed by atoms with Crippen LogP contribution in [0.2, 0.25) is 0 Å². The zero-order chi connectivity index (χ0) is 14.5. The van der Waals surface area contributed by atoms with E-state index in [4.69, 9.17) is 5.73 Å². The summed E-state index contributed by atoms with van der Waals surface area (Å²) in [6.07, 6.45) is 3.42. The molecule has 0 saturated carbocycles. The predicted molar refractivity (Wildman–Crippen MR) is 84.6 cm³/mol. The third-order valence-electron chi connectivity index (χ3n) is 2.43. The van der Waals surface area contributed by atoms with Crippen LogP contribution in [0.25, 0.3) is 0 Å². The van der Waals surface area contributed by atoms with Crippen molar-refractivity contribution in [3.63, 3.8) is 0 Å². The Balaban J connectivity index is 0.00000154. The van der Waals surface area contributed by atoms with Crippen molar-refractivity contribution in [3.05, 3.63) is 29.8 Å². The molecule has 0 radical (unpaired) electrons. The van der Waals surface area contributed by atoms with E-state index in [0.717, 1.165) is 36.4 Å². The third-order valence-corrected chi connectivity index (χ3v) is 3.29. The maximum atomic E-state index is 11.1. The van der Waals surface area contributed by atoms with Gasteiger partial charge in [0.2, 0.25) is 0 Å². The number of nitrogens with two attached hydrogens (primary N) is 1. The van der Waals surface area contributed by atoms with Gasteiger partial charge < -0.3 is 5.73 Å². The lowest BCUT2D eigenvalue weighted by molar-refractivity contribution is 0.101. The Kier molecular flexibility index (Phi) is 11.7. The minimum Gasteiger partial charge on any atom is -0.330 e. The third kappa shape index (κ3) is 8.81. The second-order valence-electron chi connectivity index (χ2n) is 3.93. The molecule has 1 aromatic carbocycles. The second kappa shape index (κ2) is 12.2. The highest BCUT2D eigenvalue weighted by molar-refractivity contribution is 7.97. The van der Waals surface area contributed by atoms with Gasteiger partial charge in [0.25, 0.3) is 0 Å². The van der Waals surface area contributed by atoms with Gasteiger partial charge in [-0.2, -0.15) is 0 Å². The van der Waals surface area contributed by atoms with E-state index in [1.807, 2.05) is 38.1 Å². The van der Waals surface area contributed by atoms with Gasteiger partial charge in [-0.15, -0.1) is 0 Å². The first-order valence-corrected chi connectivity index (χ1v) is 7.76. The van der Waals surface area contributed by atoms with Crippen LogP contribution >= 0.6 is 11.9 Å². The first-order valence-electron chi connectivity index (χ1n) is 6.95. The average molecular weight is 282 g/mol. The van der Waals surface area contributed by atoms with Gasteiger partial charge in [0, 0.05) is 17.0 Å². The number of benzene rings is 1. The van der Waals surface area contributed by atoms with Crippen LogP contribution in [-0.4, -0.2) is 18.9 Å². The highest BCUT2D eigenvalue weighted by Crippen LogP contribution is 2.15. The van der Waals surface area contributed by atoms with Crippen molar-refractivity contribution in [2.75, 3.05) is 13.1 Å². The molecule has 3 nitrogen and oxygen atoms in total. The molecule has 1 aromatic rings. The van der Waals surface area contributed by atoms with E-state index in [-0.39, 0.29) is 5.78 Å². The topological polar surface area (TPSA) is 55.1 Å². The molecular weight excluding hydrogens is 256 g/mol. The second-order valence-corrected chi connectivity index (χ2v) is 4.89. The zero-order valence-electron chi connectivity index (χ0n) is 12.2. The van der Waals surface area contributed by atoms with Crippen LogP contribution in [0.4, 0.5) is 0 Å². The van der Waals surface area contributed by atoms with Crippen LogP contribution in [0.15, 0.2) is 29.2 Å². The molecule has 0 aromatic heterocycles. The van der Waals surface area contributed by atoms with E-state index in [1.165, 1.54) is 6.42 Å². The van der Waals surface area contributed by atoms with Crippen LogP contribution in [-0.2, 0) is 0 Å². The van der Waals surface area contributed by atoms with Crippen molar-refractivity contribution < 1.29 is 4.79 Å². The molecule has 0 atom stereocenters. The van der Waals surface area contributed by atoms with Crippen molar-refractivity contribution >= 4 is 17.7 Å². The van der Waals surface area contributed by atoms with Gasteiger partial charge in [0.05, 0.1) is 0 Å². The van der Waals surface area contributed by atoms with Crippen LogP contribution in [0.3, 0.4) is 0 Å². The summed E-state index contributed by atoms with van der Waals surface area (Å²) < 4.78 is 3.30. The van der Waals surface area contributed by atoms with Crippen LogP contribution in [0.5, 0.6) is 0 Å². The van der Waals surface area contributed by atoms with Gasteiger partial charge in [-0.3, -0.25) is 9.52 Å². The Morgan fingerprint density at radius 1 is 1.16 bits per heavy atom. The van der Waals surface area contributed by atoms with Gasteiger partial charge in [-0.05, 0) is 50.4 Å². The fraction of sp³-hybridized carbons (Fsp3) is 0.533. The maximum absolute atomic E-state index is 11.1. The molecule has 0 saturated heterocycles. The molecule has 1 rings (SSSR count). The van der Waals surface area contributed by atoms with Crippen LogP contribution in [0, 0.1) is 0 Å². The lowest BCUT2D eigenvalue weighted by Crippen LogP contribution is -2.06. The molecule has 108 valence electrons. The minimum absolute atomic E-state index is 0.108. The quantitative estimate of drug-likeness (QED) is 0.434. The van der Waals surface area contributed by atoms with Crippen molar-refractivity contribution in [1.29, 1.82) is 0 Å². The van der Waals surface area contributed by atoms with E-state index in [9.17, 15) is 4.79 Å². The normalized spacial score (nSPS) is 9.68. The van der Waals surface area contributed by atoms with Crippen molar-refractivity contribution in [1.82, 2.24) is 4.72 Å². The fourth-order valence-corrected chi connectivity index (χ4v) is 2.10. The number of Topliss-reactive ketones (excluding diaryl/α,β-unsaturated/α-hetero) is 1. The van der Waals surface area contributed by atoms with E-state index in [2.05, 4.69) is 4.72 Å². The highest BCUT2D eigenvalue weighted by atomic mass is 32.2. The van der Waals surface area contributed by atoms with Gasteiger partial charge >= 0.3 is 0 Å². The Bertz CT molecular complexity index is 339. The average Bonchev–Trinajstić information content (AvgIpc) is 2.45. The van der Waals surface area contributed by atoms with Crippen molar-refractivity contribution in [3.8, 4) is 0 Å². The van der Waals surface area contributed by atoms with Gasteiger partial charge in [0.15, 0.2) is 5.78 Å². The molecule has 19 heavy (non-hydrogen) atoms. The molecular formula is C15H26N2OS. The zero-order valence-corrected chi connectivity index (χ0v) is 13.1. The molecule has 0 spiro atoms. The number of nitrogens with one attached hydrogen (secondary N) is 1. The van der Waals surface area contributed by atoms with Gasteiger partial charge in [-0.1, -0.05) is 32.4 Å². The highest BCUT2D eigenvalue weighted by Gasteiger charge is 1.99. The summed E-state index contributed by atoms with van der Waals surface area (Å²) in [7, 11) is 0. The number of carbonyl (C=O) groups is 1. The molecule has 0 bridgehead atoms. The summed E-state index contributed by atoms with van der Waals surface area (Å²) >= 11 is 1.61. The van der Waals surface area contributed by atoms with Gasteiger partial charge in [0.1, 0.15) is 0 Å². The van der Waals surface area contributed by atoms with Crippen LogP contribution < -0.4 is 10.5 Å². The molecule has 4 heteroatoms. The smallest absolute Gasteiger partial charge is 0.159 e. The Hall–Kier alpha value is -0.840. The molecule has 0 aliphatic heterocycles. The SMILES string of the molecule is CC.CC(=O)c1ccc(SNCCCCCN)cc1. The molecule has 0 aliphatic rings. The monoisotopic (exact) mass is 282 g/mol. The lowest BCUT2D eigenvalue weighted by atomic mass is 10.2. The molecule has 0 aliphatic carbocycles.